The minimum absolute atomic E-state index is 0.0206. The number of pyridine rings is 1. The van der Waals surface area contributed by atoms with Crippen LogP contribution >= 0.6 is 0 Å². The van der Waals surface area contributed by atoms with Gasteiger partial charge in [-0.15, -0.1) is 0 Å². The van der Waals surface area contributed by atoms with Gasteiger partial charge in [0, 0.05) is 69.3 Å². The second-order valence-electron chi connectivity index (χ2n) is 9.80. The van der Waals surface area contributed by atoms with Gasteiger partial charge >= 0.3 is 6.03 Å². The third kappa shape index (κ3) is 6.09. The molecule has 166 valence electrons. The molecule has 2 fully saturated rings. The summed E-state index contributed by atoms with van der Waals surface area (Å²) < 4.78 is 0. The molecule has 3 rings (SSSR count). The molecule has 30 heavy (non-hydrogen) atoms. The normalized spacial score (nSPS) is 22.5. The monoisotopic (exact) mass is 415 g/mol. The van der Waals surface area contributed by atoms with Crippen molar-refractivity contribution in [2.75, 3.05) is 44.7 Å². The van der Waals surface area contributed by atoms with Crippen LogP contribution in [0.3, 0.4) is 0 Å². The molecule has 1 aromatic heterocycles. The average Bonchev–Trinajstić information content (AvgIpc) is 2.73. The number of amides is 3. The topological polar surface area (TPSA) is 68.8 Å². The zero-order valence-corrected chi connectivity index (χ0v) is 18.9. The molecule has 0 aromatic carbocycles. The second kappa shape index (κ2) is 9.67. The Bertz CT molecular complexity index is 702. The Balaban J connectivity index is 1.41. The molecule has 1 saturated carbocycles. The Morgan fingerprint density at radius 3 is 2.23 bits per heavy atom. The van der Waals surface area contributed by atoms with E-state index in [0.717, 1.165) is 58.4 Å². The van der Waals surface area contributed by atoms with Crippen LogP contribution in [-0.4, -0.2) is 72.0 Å². The summed E-state index contributed by atoms with van der Waals surface area (Å²) in [6.07, 6.45) is 7.53. The van der Waals surface area contributed by atoms with E-state index < -0.39 is 0 Å². The molecule has 7 heteroatoms. The summed E-state index contributed by atoms with van der Waals surface area (Å²) in [6.45, 7) is 10.1. The van der Waals surface area contributed by atoms with Crippen LogP contribution in [0.25, 0.3) is 0 Å². The summed E-state index contributed by atoms with van der Waals surface area (Å²) in [5.41, 5.74) is 0.953. The molecule has 2 aliphatic rings. The third-order valence-corrected chi connectivity index (χ3v) is 6.18. The Labute approximate surface area is 180 Å². The second-order valence-corrected chi connectivity index (χ2v) is 9.80. The number of nitrogens with zero attached hydrogens (tertiary/aromatic N) is 4. The van der Waals surface area contributed by atoms with E-state index in [0.29, 0.717) is 11.8 Å². The van der Waals surface area contributed by atoms with Crippen LogP contribution in [-0.2, 0) is 4.79 Å². The quantitative estimate of drug-likeness (QED) is 0.821. The molecular formula is C23H37N5O2. The van der Waals surface area contributed by atoms with E-state index in [1.54, 1.807) is 4.90 Å². The molecule has 0 unspecified atom stereocenters. The van der Waals surface area contributed by atoms with Crippen molar-refractivity contribution in [2.45, 2.75) is 52.0 Å². The fraction of sp³-hybridized carbons (Fsp3) is 0.696. The fourth-order valence-electron chi connectivity index (χ4n) is 4.48. The van der Waals surface area contributed by atoms with Crippen LogP contribution in [0.2, 0.25) is 0 Å². The highest BCUT2D eigenvalue weighted by Crippen LogP contribution is 2.31. The van der Waals surface area contributed by atoms with Crippen LogP contribution in [0, 0.1) is 11.8 Å². The van der Waals surface area contributed by atoms with Crippen molar-refractivity contribution in [1.82, 2.24) is 20.1 Å². The number of hydrogen-bond donors (Lipinski definition) is 1. The highest BCUT2D eigenvalue weighted by atomic mass is 16.2. The van der Waals surface area contributed by atoms with Gasteiger partial charge in [0.25, 0.3) is 0 Å². The lowest BCUT2D eigenvalue weighted by Gasteiger charge is -2.39. The highest BCUT2D eigenvalue weighted by Gasteiger charge is 2.32. The Morgan fingerprint density at radius 1 is 1.07 bits per heavy atom. The molecule has 0 bridgehead atoms. The van der Waals surface area contributed by atoms with Gasteiger partial charge < -0.3 is 20.0 Å². The Kier molecular flexibility index (Phi) is 7.21. The van der Waals surface area contributed by atoms with Crippen LogP contribution < -0.4 is 10.2 Å². The lowest BCUT2D eigenvalue weighted by atomic mass is 9.81. The first-order chi connectivity index (χ1) is 14.2. The number of aromatic nitrogens is 1. The SMILES string of the molecule is CN(C[C@H]1CC[C@H](C(=O)N2CCN(c3ccncc3)CC2)CC1)C(=O)NC(C)(C)C. The van der Waals surface area contributed by atoms with Gasteiger partial charge in [-0.2, -0.15) is 0 Å². The molecule has 0 spiro atoms. The van der Waals surface area contributed by atoms with Gasteiger partial charge in [-0.25, -0.2) is 4.79 Å². The first kappa shape index (κ1) is 22.4. The molecule has 1 aromatic rings. The van der Waals surface area contributed by atoms with Crippen molar-refractivity contribution >= 4 is 17.6 Å². The zero-order chi connectivity index (χ0) is 21.7. The van der Waals surface area contributed by atoms with Crippen molar-refractivity contribution in [2.24, 2.45) is 11.8 Å². The minimum atomic E-state index is -0.225. The highest BCUT2D eigenvalue weighted by molar-refractivity contribution is 5.79. The number of piperazine rings is 1. The average molecular weight is 416 g/mol. The van der Waals surface area contributed by atoms with Gasteiger partial charge in [0.2, 0.25) is 5.91 Å². The van der Waals surface area contributed by atoms with Crippen molar-refractivity contribution in [1.29, 1.82) is 0 Å². The van der Waals surface area contributed by atoms with Crippen LogP contribution in [0.5, 0.6) is 0 Å². The number of anilines is 1. The zero-order valence-electron chi connectivity index (χ0n) is 18.9. The number of urea groups is 1. The standard InChI is InChI=1S/C23H37N5O2/c1-23(2,3)25-22(30)26(4)17-18-5-7-19(8-6-18)21(29)28-15-13-27(14-16-28)20-9-11-24-12-10-20/h9-12,18-19H,5-8,13-17H2,1-4H3,(H,25,30)/t18-,19-. The van der Waals surface area contributed by atoms with Gasteiger partial charge in [-0.1, -0.05) is 0 Å². The molecule has 0 radical (unpaired) electrons. The van der Waals surface area contributed by atoms with Crippen molar-refractivity contribution in [3.8, 4) is 0 Å². The summed E-state index contributed by atoms with van der Waals surface area (Å²) in [7, 11) is 1.86. The maximum Gasteiger partial charge on any atom is 0.317 e. The molecule has 1 N–H and O–H groups in total. The molecule has 0 atom stereocenters. The smallest absolute Gasteiger partial charge is 0.317 e. The fourth-order valence-corrected chi connectivity index (χ4v) is 4.48. The van der Waals surface area contributed by atoms with E-state index in [1.165, 1.54) is 5.69 Å². The summed E-state index contributed by atoms with van der Waals surface area (Å²) in [5, 5.41) is 3.01. The van der Waals surface area contributed by atoms with E-state index in [-0.39, 0.29) is 17.5 Å². The molecule has 2 heterocycles. The number of rotatable bonds is 4. The van der Waals surface area contributed by atoms with E-state index in [9.17, 15) is 9.59 Å². The van der Waals surface area contributed by atoms with Gasteiger partial charge in [-0.05, 0) is 64.5 Å². The summed E-state index contributed by atoms with van der Waals surface area (Å²) in [5.74, 6) is 0.942. The van der Waals surface area contributed by atoms with Crippen molar-refractivity contribution in [3.05, 3.63) is 24.5 Å². The lowest BCUT2D eigenvalue weighted by Crippen LogP contribution is -2.51. The molecule has 1 aliphatic carbocycles. The van der Waals surface area contributed by atoms with Gasteiger partial charge in [-0.3, -0.25) is 9.78 Å². The van der Waals surface area contributed by atoms with Crippen molar-refractivity contribution in [3.63, 3.8) is 0 Å². The Morgan fingerprint density at radius 2 is 1.67 bits per heavy atom. The van der Waals surface area contributed by atoms with E-state index in [4.69, 9.17) is 0 Å². The molecule has 3 amide bonds. The summed E-state index contributed by atoms with van der Waals surface area (Å²) in [6, 6.07) is 4.03. The minimum Gasteiger partial charge on any atom is -0.368 e. The number of hydrogen-bond acceptors (Lipinski definition) is 4. The summed E-state index contributed by atoms with van der Waals surface area (Å²) >= 11 is 0. The maximum absolute atomic E-state index is 13.0. The molecule has 1 aliphatic heterocycles. The lowest BCUT2D eigenvalue weighted by molar-refractivity contribution is -0.137. The number of carbonyl (C=O) groups is 2. The van der Waals surface area contributed by atoms with E-state index in [1.807, 2.05) is 57.2 Å². The van der Waals surface area contributed by atoms with Gasteiger partial charge in [0.1, 0.15) is 0 Å². The van der Waals surface area contributed by atoms with Gasteiger partial charge in [0.05, 0.1) is 0 Å². The number of carbonyl (C=O) groups excluding carboxylic acids is 2. The molecule has 1 saturated heterocycles. The molecule has 7 nitrogen and oxygen atoms in total. The maximum atomic E-state index is 13.0. The van der Waals surface area contributed by atoms with Crippen LogP contribution in [0.15, 0.2) is 24.5 Å². The Hall–Kier alpha value is -2.31. The predicted octanol–water partition coefficient (Wildman–Crippen LogP) is 2.98. The third-order valence-electron chi connectivity index (χ3n) is 6.18. The number of nitrogens with one attached hydrogen (secondary N) is 1. The largest absolute Gasteiger partial charge is 0.368 e. The summed E-state index contributed by atoms with van der Waals surface area (Å²) in [4.78, 5) is 35.5. The first-order valence-electron chi connectivity index (χ1n) is 11.2. The van der Waals surface area contributed by atoms with Crippen LogP contribution in [0.4, 0.5) is 10.5 Å². The van der Waals surface area contributed by atoms with E-state index >= 15 is 0 Å². The van der Waals surface area contributed by atoms with Gasteiger partial charge in [0.15, 0.2) is 0 Å². The van der Waals surface area contributed by atoms with Crippen LogP contribution in [0.1, 0.15) is 46.5 Å². The van der Waals surface area contributed by atoms with E-state index in [2.05, 4.69) is 15.2 Å². The van der Waals surface area contributed by atoms with Crippen molar-refractivity contribution < 1.29 is 9.59 Å². The molecular weight excluding hydrogens is 378 g/mol. The first-order valence-corrected chi connectivity index (χ1v) is 11.2. The predicted molar refractivity (Wildman–Crippen MR) is 119 cm³/mol.